The van der Waals surface area contributed by atoms with Crippen molar-refractivity contribution in [3.8, 4) is 5.75 Å². The molecule has 0 aliphatic heterocycles. The van der Waals surface area contributed by atoms with E-state index in [2.05, 4.69) is 5.32 Å². The van der Waals surface area contributed by atoms with Crippen LogP contribution in [0.3, 0.4) is 0 Å². The van der Waals surface area contributed by atoms with Gasteiger partial charge in [0.15, 0.2) is 0 Å². The second-order valence-corrected chi connectivity index (χ2v) is 6.44. The fourth-order valence-corrected chi connectivity index (χ4v) is 3.13. The zero-order valence-corrected chi connectivity index (χ0v) is 14.6. The van der Waals surface area contributed by atoms with Crippen molar-refractivity contribution < 1.29 is 9.53 Å². The molecule has 2 aromatic rings. The molecule has 2 rings (SSSR count). The summed E-state index contributed by atoms with van der Waals surface area (Å²) in [5, 5.41) is 3.60. The van der Waals surface area contributed by atoms with Crippen molar-refractivity contribution in [2.45, 2.75) is 12.7 Å². The number of carbonyl (C=O) groups excluding carboxylic acids is 1. The lowest BCUT2D eigenvalue weighted by molar-refractivity contribution is -0.118. The SMILES string of the molecule is Cc1ccccc1OCCNC(=O)CSCc1ccccc1Cl. The highest BCUT2D eigenvalue weighted by atomic mass is 35.5. The van der Waals surface area contributed by atoms with Gasteiger partial charge in [-0.15, -0.1) is 11.8 Å². The number of carbonyl (C=O) groups is 1. The lowest BCUT2D eigenvalue weighted by atomic mass is 10.2. The number of hydrogen-bond acceptors (Lipinski definition) is 3. The summed E-state index contributed by atoms with van der Waals surface area (Å²) in [4.78, 5) is 11.8. The number of rotatable bonds is 8. The molecular weight excluding hydrogens is 330 g/mol. The van der Waals surface area contributed by atoms with E-state index in [0.29, 0.717) is 18.9 Å². The highest BCUT2D eigenvalue weighted by molar-refractivity contribution is 7.99. The summed E-state index contributed by atoms with van der Waals surface area (Å²) < 4.78 is 5.64. The lowest BCUT2D eigenvalue weighted by Crippen LogP contribution is -2.29. The predicted molar refractivity (Wildman–Crippen MR) is 97.3 cm³/mol. The molecule has 0 aromatic heterocycles. The van der Waals surface area contributed by atoms with Crippen molar-refractivity contribution >= 4 is 29.3 Å². The molecule has 23 heavy (non-hydrogen) atoms. The number of ether oxygens (including phenoxy) is 1. The number of aryl methyl sites for hydroxylation is 1. The Bertz CT molecular complexity index is 648. The van der Waals surface area contributed by atoms with E-state index in [4.69, 9.17) is 16.3 Å². The Balaban J connectivity index is 1.60. The van der Waals surface area contributed by atoms with Gasteiger partial charge < -0.3 is 10.1 Å². The minimum Gasteiger partial charge on any atom is -0.491 e. The molecule has 0 atom stereocenters. The molecule has 3 nitrogen and oxygen atoms in total. The molecule has 1 amide bonds. The summed E-state index contributed by atoms with van der Waals surface area (Å²) >= 11 is 7.63. The topological polar surface area (TPSA) is 38.3 Å². The third kappa shape index (κ3) is 6.16. The molecule has 5 heteroatoms. The summed E-state index contributed by atoms with van der Waals surface area (Å²) in [6.45, 7) is 2.96. The first kappa shape index (κ1) is 17.7. The molecule has 0 saturated heterocycles. The van der Waals surface area contributed by atoms with Crippen LogP contribution < -0.4 is 10.1 Å². The predicted octanol–water partition coefficient (Wildman–Crippen LogP) is 4.08. The number of para-hydroxylation sites is 1. The van der Waals surface area contributed by atoms with Crippen LogP contribution in [0.15, 0.2) is 48.5 Å². The summed E-state index contributed by atoms with van der Waals surface area (Å²) in [6.07, 6.45) is 0. The Kier molecular flexibility index (Phi) is 7.30. The van der Waals surface area contributed by atoms with Gasteiger partial charge in [-0.2, -0.15) is 0 Å². The van der Waals surface area contributed by atoms with E-state index in [1.54, 1.807) is 11.8 Å². The zero-order chi connectivity index (χ0) is 16.5. The van der Waals surface area contributed by atoms with Crippen LogP contribution in [0, 0.1) is 6.92 Å². The van der Waals surface area contributed by atoms with Gasteiger partial charge in [-0.1, -0.05) is 48.0 Å². The Morgan fingerprint density at radius 2 is 1.91 bits per heavy atom. The van der Waals surface area contributed by atoms with E-state index in [-0.39, 0.29) is 5.91 Å². The minimum absolute atomic E-state index is 0.00966. The maximum absolute atomic E-state index is 11.8. The highest BCUT2D eigenvalue weighted by Gasteiger charge is 2.04. The van der Waals surface area contributed by atoms with Gasteiger partial charge in [0.1, 0.15) is 12.4 Å². The van der Waals surface area contributed by atoms with Crippen molar-refractivity contribution in [1.82, 2.24) is 5.32 Å². The number of benzene rings is 2. The first-order valence-electron chi connectivity index (χ1n) is 7.43. The summed E-state index contributed by atoms with van der Waals surface area (Å²) in [5.74, 6) is 2.01. The van der Waals surface area contributed by atoms with E-state index in [0.717, 1.165) is 27.7 Å². The largest absolute Gasteiger partial charge is 0.491 e. The van der Waals surface area contributed by atoms with Gasteiger partial charge in [0.2, 0.25) is 5.91 Å². The highest BCUT2D eigenvalue weighted by Crippen LogP contribution is 2.20. The first-order chi connectivity index (χ1) is 11.2. The van der Waals surface area contributed by atoms with Crippen LogP contribution in [-0.2, 0) is 10.5 Å². The smallest absolute Gasteiger partial charge is 0.230 e. The second kappa shape index (κ2) is 9.48. The number of nitrogens with one attached hydrogen (secondary N) is 1. The normalized spacial score (nSPS) is 10.3. The van der Waals surface area contributed by atoms with Gasteiger partial charge >= 0.3 is 0 Å². The molecular formula is C18H20ClNO2S. The monoisotopic (exact) mass is 349 g/mol. The van der Waals surface area contributed by atoms with Crippen molar-refractivity contribution in [3.63, 3.8) is 0 Å². The first-order valence-corrected chi connectivity index (χ1v) is 8.96. The number of hydrogen-bond donors (Lipinski definition) is 1. The van der Waals surface area contributed by atoms with Crippen LogP contribution in [0.5, 0.6) is 5.75 Å². The lowest BCUT2D eigenvalue weighted by Gasteiger charge is -2.09. The number of amides is 1. The summed E-state index contributed by atoms with van der Waals surface area (Å²) in [6, 6.07) is 15.5. The van der Waals surface area contributed by atoms with E-state index in [1.165, 1.54) is 0 Å². The molecule has 1 N–H and O–H groups in total. The molecule has 0 heterocycles. The van der Waals surface area contributed by atoms with Gasteiger partial charge in [-0.3, -0.25) is 4.79 Å². The van der Waals surface area contributed by atoms with Crippen LogP contribution >= 0.6 is 23.4 Å². The summed E-state index contributed by atoms with van der Waals surface area (Å²) in [7, 11) is 0. The Morgan fingerprint density at radius 1 is 1.17 bits per heavy atom. The average Bonchev–Trinajstić information content (AvgIpc) is 2.55. The molecule has 0 unspecified atom stereocenters. The standard InChI is InChI=1S/C18H20ClNO2S/c1-14-6-2-5-9-17(14)22-11-10-20-18(21)13-23-12-15-7-3-4-8-16(15)19/h2-9H,10-13H2,1H3,(H,20,21). The van der Waals surface area contributed by atoms with Crippen LogP contribution in [0.4, 0.5) is 0 Å². The van der Waals surface area contributed by atoms with E-state index in [9.17, 15) is 4.79 Å². The van der Waals surface area contributed by atoms with Crippen LogP contribution in [0.25, 0.3) is 0 Å². The Labute approximate surface area is 146 Å². The molecule has 2 aromatic carbocycles. The van der Waals surface area contributed by atoms with Crippen LogP contribution in [0.2, 0.25) is 5.02 Å². The minimum atomic E-state index is 0.00966. The number of thioether (sulfide) groups is 1. The second-order valence-electron chi connectivity index (χ2n) is 5.05. The van der Waals surface area contributed by atoms with Crippen molar-refractivity contribution in [2.75, 3.05) is 18.9 Å². The van der Waals surface area contributed by atoms with E-state index >= 15 is 0 Å². The third-order valence-corrected chi connectivity index (χ3v) is 4.57. The van der Waals surface area contributed by atoms with Gasteiger partial charge in [0, 0.05) is 10.8 Å². The number of halogens is 1. The van der Waals surface area contributed by atoms with Crippen LogP contribution in [0.1, 0.15) is 11.1 Å². The van der Waals surface area contributed by atoms with Crippen molar-refractivity contribution in [2.24, 2.45) is 0 Å². The van der Waals surface area contributed by atoms with Gasteiger partial charge in [-0.25, -0.2) is 0 Å². The van der Waals surface area contributed by atoms with Gasteiger partial charge in [-0.05, 0) is 30.2 Å². The van der Waals surface area contributed by atoms with E-state index in [1.807, 2.05) is 55.5 Å². The quantitative estimate of drug-likeness (QED) is 0.730. The maximum atomic E-state index is 11.8. The summed E-state index contributed by atoms with van der Waals surface area (Å²) in [5.41, 5.74) is 2.14. The van der Waals surface area contributed by atoms with Gasteiger partial charge in [0.05, 0.1) is 12.3 Å². The molecule has 0 radical (unpaired) electrons. The molecule has 0 bridgehead atoms. The Morgan fingerprint density at radius 3 is 2.70 bits per heavy atom. The molecule has 122 valence electrons. The van der Waals surface area contributed by atoms with Gasteiger partial charge in [0.25, 0.3) is 0 Å². The maximum Gasteiger partial charge on any atom is 0.230 e. The zero-order valence-electron chi connectivity index (χ0n) is 13.0. The molecule has 0 aliphatic rings. The van der Waals surface area contributed by atoms with Crippen LogP contribution in [-0.4, -0.2) is 24.8 Å². The van der Waals surface area contributed by atoms with Crippen molar-refractivity contribution in [3.05, 3.63) is 64.7 Å². The molecule has 0 saturated carbocycles. The van der Waals surface area contributed by atoms with Crippen molar-refractivity contribution in [1.29, 1.82) is 0 Å². The third-order valence-electron chi connectivity index (χ3n) is 3.22. The average molecular weight is 350 g/mol. The van der Waals surface area contributed by atoms with E-state index < -0.39 is 0 Å². The fourth-order valence-electron chi connectivity index (χ4n) is 1.99. The fraction of sp³-hybridized carbons (Fsp3) is 0.278. The molecule has 0 fully saturated rings. The Hall–Kier alpha value is -1.65. The molecule has 0 aliphatic carbocycles. The molecule has 0 spiro atoms.